The number of carbonyl (C=O) groups is 1. The second-order valence-electron chi connectivity index (χ2n) is 5.32. The highest BCUT2D eigenvalue weighted by Gasteiger charge is 2.21. The molecule has 0 spiro atoms. The molecular weight excluding hydrogens is 405 g/mol. The van der Waals surface area contributed by atoms with E-state index in [1.165, 1.54) is 0 Å². The zero-order chi connectivity index (χ0) is 16.1. The number of piperazine rings is 1. The summed E-state index contributed by atoms with van der Waals surface area (Å²) in [5.74, 6) is 0.770. The van der Waals surface area contributed by atoms with Gasteiger partial charge in [0.25, 0.3) is 5.91 Å². The third kappa shape index (κ3) is 4.34. The summed E-state index contributed by atoms with van der Waals surface area (Å²) in [6, 6.07) is 11.7. The maximum absolute atomic E-state index is 12.3. The number of hydrogen-bond donors (Lipinski definition) is 0. The summed E-state index contributed by atoms with van der Waals surface area (Å²) < 4.78 is 6.72. The van der Waals surface area contributed by atoms with Crippen molar-refractivity contribution >= 4 is 34.2 Å². The molecule has 2 aromatic rings. The first-order chi connectivity index (χ1) is 11.2. The molecular formula is C17H18IN3O2. The van der Waals surface area contributed by atoms with Crippen LogP contribution in [0.4, 0.5) is 5.69 Å². The molecule has 0 aliphatic carbocycles. The molecule has 1 aromatic carbocycles. The predicted octanol–water partition coefficient (Wildman–Crippen LogP) is 2.41. The van der Waals surface area contributed by atoms with Crippen molar-refractivity contribution < 1.29 is 9.53 Å². The normalized spacial score (nSPS) is 14.7. The molecule has 3 rings (SSSR count). The van der Waals surface area contributed by atoms with Gasteiger partial charge in [-0.1, -0.05) is 0 Å². The summed E-state index contributed by atoms with van der Waals surface area (Å²) in [6.45, 7) is 3.20. The van der Waals surface area contributed by atoms with Gasteiger partial charge in [-0.15, -0.1) is 0 Å². The van der Waals surface area contributed by atoms with Gasteiger partial charge in [0, 0.05) is 47.8 Å². The topological polar surface area (TPSA) is 45.7 Å². The van der Waals surface area contributed by atoms with Crippen molar-refractivity contribution in [2.45, 2.75) is 0 Å². The molecule has 5 nitrogen and oxygen atoms in total. The Bertz CT molecular complexity index is 641. The molecule has 0 N–H and O–H groups in total. The van der Waals surface area contributed by atoms with Gasteiger partial charge in [-0.05, 0) is 59.0 Å². The van der Waals surface area contributed by atoms with E-state index < -0.39 is 0 Å². The Morgan fingerprint density at radius 2 is 1.70 bits per heavy atom. The number of aromatic nitrogens is 1. The van der Waals surface area contributed by atoms with E-state index in [0.29, 0.717) is 0 Å². The predicted molar refractivity (Wildman–Crippen MR) is 97.7 cm³/mol. The highest BCUT2D eigenvalue weighted by atomic mass is 127. The number of rotatable bonds is 4. The molecule has 0 radical (unpaired) electrons. The lowest BCUT2D eigenvalue weighted by molar-refractivity contribution is -0.133. The standard InChI is InChI=1S/C17H18IN3O2/c18-14-1-3-16(4-2-14)23-13-17(22)21-11-9-20(10-12-21)15-5-7-19-8-6-15/h1-8H,9-13H2. The van der Waals surface area contributed by atoms with Crippen LogP contribution in [0.3, 0.4) is 0 Å². The van der Waals surface area contributed by atoms with E-state index in [1.54, 1.807) is 12.4 Å². The van der Waals surface area contributed by atoms with Gasteiger partial charge < -0.3 is 14.5 Å². The zero-order valence-corrected chi connectivity index (χ0v) is 14.8. The van der Waals surface area contributed by atoms with E-state index in [0.717, 1.165) is 41.2 Å². The molecule has 1 saturated heterocycles. The molecule has 0 atom stereocenters. The lowest BCUT2D eigenvalue weighted by atomic mass is 10.2. The Kier molecular flexibility index (Phi) is 5.32. The molecule has 1 amide bonds. The number of halogens is 1. The van der Waals surface area contributed by atoms with Crippen LogP contribution in [0.15, 0.2) is 48.8 Å². The molecule has 1 aliphatic rings. The molecule has 120 valence electrons. The van der Waals surface area contributed by atoms with E-state index in [1.807, 2.05) is 41.3 Å². The molecule has 6 heteroatoms. The number of nitrogens with zero attached hydrogens (tertiary/aromatic N) is 3. The molecule has 1 fully saturated rings. The summed E-state index contributed by atoms with van der Waals surface area (Å²) in [6.07, 6.45) is 3.59. The van der Waals surface area contributed by atoms with E-state index in [4.69, 9.17) is 4.74 Å². The van der Waals surface area contributed by atoms with Crippen molar-refractivity contribution in [2.24, 2.45) is 0 Å². The first-order valence-corrected chi connectivity index (χ1v) is 8.61. The maximum atomic E-state index is 12.3. The molecule has 23 heavy (non-hydrogen) atoms. The Hall–Kier alpha value is -1.83. The van der Waals surface area contributed by atoms with Crippen LogP contribution in [0.5, 0.6) is 5.75 Å². The lowest BCUT2D eigenvalue weighted by Crippen LogP contribution is -2.50. The van der Waals surface area contributed by atoms with Crippen LogP contribution < -0.4 is 9.64 Å². The Balaban J connectivity index is 1.47. The molecule has 2 heterocycles. The fourth-order valence-electron chi connectivity index (χ4n) is 2.54. The SMILES string of the molecule is O=C(COc1ccc(I)cc1)N1CCN(c2ccncc2)CC1. The van der Waals surface area contributed by atoms with Crippen LogP contribution in [0, 0.1) is 3.57 Å². The van der Waals surface area contributed by atoms with E-state index >= 15 is 0 Å². The largest absolute Gasteiger partial charge is 0.484 e. The summed E-state index contributed by atoms with van der Waals surface area (Å²) in [7, 11) is 0. The Labute approximate surface area is 149 Å². The summed E-state index contributed by atoms with van der Waals surface area (Å²) in [4.78, 5) is 20.4. The van der Waals surface area contributed by atoms with Crippen LogP contribution in [0.25, 0.3) is 0 Å². The second-order valence-corrected chi connectivity index (χ2v) is 6.56. The summed E-state index contributed by atoms with van der Waals surface area (Å²) in [5, 5.41) is 0. The molecule has 0 bridgehead atoms. The number of benzene rings is 1. The van der Waals surface area contributed by atoms with Crippen molar-refractivity contribution in [3.05, 3.63) is 52.4 Å². The summed E-state index contributed by atoms with van der Waals surface area (Å²) in [5.41, 5.74) is 1.15. The summed E-state index contributed by atoms with van der Waals surface area (Å²) >= 11 is 2.24. The average molecular weight is 423 g/mol. The van der Waals surface area contributed by atoms with Crippen molar-refractivity contribution in [1.82, 2.24) is 9.88 Å². The van der Waals surface area contributed by atoms with Crippen LogP contribution >= 0.6 is 22.6 Å². The highest BCUT2D eigenvalue weighted by molar-refractivity contribution is 14.1. The van der Waals surface area contributed by atoms with Crippen LogP contribution in [-0.2, 0) is 4.79 Å². The van der Waals surface area contributed by atoms with Crippen molar-refractivity contribution in [2.75, 3.05) is 37.7 Å². The van der Waals surface area contributed by atoms with Crippen molar-refractivity contribution in [3.8, 4) is 5.75 Å². The maximum Gasteiger partial charge on any atom is 0.260 e. The molecule has 0 unspecified atom stereocenters. The number of carbonyl (C=O) groups excluding carboxylic acids is 1. The van der Waals surface area contributed by atoms with E-state index in [9.17, 15) is 4.79 Å². The first-order valence-electron chi connectivity index (χ1n) is 7.53. The van der Waals surface area contributed by atoms with Gasteiger partial charge in [0.1, 0.15) is 5.75 Å². The smallest absolute Gasteiger partial charge is 0.260 e. The number of ether oxygens (including phenoxy) is 1. The van der Waals surface area contributed by atoms with Gasteiger partial charge in [0.15, 0.2) is 6.61 Å². The third-order valence-electron chi connectivity index (χ3n) is 3.84. The van der Waals surface area contributed by atoms with Crippen LogP contribution in [0.1, 0.15) is 0 Å². The van der Waals surface area contributed by atoms with E-state index in [-0.39, 0.29) is 12.5 Å². The monoisotopic (exact) mass is 423 g/mol. The lowest BCUT2D eigenvalue weighted by Gasteiger charge is -2.36. The first kappa shape index (κ1) is 16.0. The van der Waals surface area contributed by atoms with Crippen molar-refractivity contribution in [1.29, 1.82) is 0 Å². The highest BCUT2D eigenvalue weighted by Crippen LogP contribution is 2.16. The number of hydrogen-bond acceptors (Lipinski definition) is 4. The van der Waals surface area contributed by atoms with Gasteiger partial charge in [0.05, 0.1) is 0 Å². The fraction of sp³-hybridized carbons (Fsp3) is 0.294. The minimum Gasteiger partial charge on any atom is -0.484 e. The van der Waals surface area contributed by atoms with Gasteiger partial charge in [-0.2, -0.15) is 0 Å². The quantitative estimate of drug-likeness (QED) is 0.709. The number of pyridine rings is 1. The fourth-order valence-corrected chi connectivity index (χ4v) is 2.90. The van der Waals surface area contributed by atoms with Crippen molar-refractivity contribution in [3.63, 3.8) is 0 Å². The minimum absolute atomic E-state index is 0.0397. The molecule has 1 aromatic heterocycles. The Morgan fingerprint density at radius 3 is 2.35 bits per heavy atom. The molecule has 1 aliphatic heterocycles. The van der Waals surface area contributed by atoms with Crippen LogP contribution in [-0.4, -0.2) is 48.6 Å². The Morgan fingerprint density at radius 1 is 1.04 bits per heavy atom. The van der Waals surface area contributed by atoms with Gasteiger partial charge in [-0.25, -0.2) is 0 Å². The average Bonchev–Trinajstić information content (AvgIpc) is 2.62. The van der Waals surface area contributed by atoms with Gasteiger partial charge >= 0.3 is 0 Å². The van der Waals surface area contributed by atoms with Gasteiger partial charge in [-0.3, -0.25) is 9.78 Å². The number of amides is 1. The van der Waals surface area contributed by atoms with E-state index in [2.05, 4.69) is 32.5 Å². The zero-order valence-electron chi connectivity index (χ0n) is 12.7. The third-order valence-corrected chi connectivity index (χ3v) is 4.56. The van der Waals surface area contributed by atoms with Crippen LogP contribution in [0.2, 0.25) is 0 Å². The van der Waals surface area contributed by atoms with Gasteiger partial charge in [0.2, 0.25) is 0 Å². The number of anilines is 1. The minimum atomic E-state index is 0.0397. The molecule has 0 saturated carbocycles. The second kappa shape index (κ2) is 7.63.